The molecular formula is C14H21F3N2. The molecule has 2 N–H and O–H groups in total. The third kappa shape index (κ3) is 5.20. The first-order valence-corrected chi connectivity index (χ1v) is 6.34. The monoisotopic (exact) mass is 274 g/mol. The van der Waals surface area contributed by atoms with E-state index in [4.69, 9.17) is 5.73 Å². The van der Waals surface area contributed by atoms with Gasteiger partial charge in [0.05, 0.1) is 6.54 Å². The molecule has 1 rings (SSSR count). The number of aryl methyl sites for hydroxylation is 2. The van der Waals surface area contributed by atoms with Crippen LogP contribution in [0, 0.1) is 13.8 Å². The van der Waals surface area contributed by atoms with Crippen LogP contribution in [-0.4, -0.2) is 30.7 Å². The Labute approximate surface area is 112 Å². The number of hydrogen-bond acceptors (Lipinski definition) is 2. The maximum absolute atomic E-state index is 12.4. The Hall–Kier alpha value is -1.07. The number of likely N-dealkylation sites (N-methyl/N-ethyl adjacent to an activating group) is 1. The molecule has 0 aromatic heterocycles. The van der Waals surface area contributed by atoms with E-state index in [9.17, 15) is 13.2 Å². The molecule has 1 aromatic rings. The van der Waals surface area contributed by atoms with E-state index in [0.717, 1.165) is 16.7 Å². The van der Waals surface area contributed by atoms with Gasteiger partial charge in [-0.25, -0.2) is 0 Å². The van der Waals surface area contributed by atoms with E-state index in [2.05, 4.69) is 0 Å². The molecule has 2 nitrogen and oxygen atoms in total. The number of hydrogen-bond donors (Lipinski definition) is 1. The first-order valence-electron chi connectivity index (χ1n) is 6.34. The van der Waals surface area contributed by atoms with Gasteiger partial charge in [-0.05, 0) is 31.5 Å². The van der Waals surface area contributed by atoms with Crippen LogP contribution < -0.4 is 5.73 Å². The molecule has 0 aliphatic heterocycles. The molecule has 0 aliphatic rings. The van der Waals surface area contributed by atoms with Gasteiger partial charge in [-0.2, -0.15) is 13.2 Å². The van der Waals surface area contributed by atoms with Crippen LogP contribution in [0.1, 0.15) is 29.7 Å². The van der Waals surface area contributed by atoms with E-state index in [0.29, 0.717) is 6.54 Å². The standard InChI is InChI=1S/C14H21F3N2/c1-4-19(9-14(15,16)17)8-13(18)12-7-10(2)5-6-11(12)3/h5-7,13H,4,8-9,18H2,1-3H3. The van der Waals surface area contributed by atoms with Crippen molar-refractivity contribution in [2.45, 2.75) is 33.0 Å². The number of halogens is 3. The lowest BCUT2D eigenvalue weighted by atomic mass is 9.99. The summed E-state index contributed by atoms with van der Waals surface area (Å²) in [4.78, 5) is 1.33. The van der Waals surface area contributed by atoms with Crippen molar-refractivity contribution in [3.63, 3.8) is 0 Å². The summed E-state index contributed by atoms with van der Waals surface area (Å²) in [5.41, 5.74) is 9.05. The van der Waals surface area contributed by atoms with Crippen LogP contribution >= 0.6 is 0 Å². The van der Waals surface area contributed by atoms with Crippen molar-refractivity contribution in [1.82, 2.24) is 4.90 Å². The highest BCUT2D eigenvalue weighted by Gasteiger charge is 2.30. The van der Waals surface area contributed by atoms with Crippen molar-refractivity contribution in [1.29, 1.82) is 0 Å². The van der Waals surface area contributed by atoms with Crippen molar-refractivity contribution >= 4 is 0 Å². The van der Waals surface area contributed by atoms with Crippen molar-refractivity contribution in [2.75, 3.05) is 19.6 Å². The van der Waals surface area contributed by atoms with Gasteiger partial charge in [-0.3, -0.25) is 4.90 Å². The van der Waals surface area contributed by atoms with E-state index in [1.807, 2.05) is 32.0 Å². The smallest absolute Gasteiger partial charge is 0.323 e. The number of benzene rings is 1. The Balaban J connectivity index is 2.77. The first-order chi connectivity index (χ1) is 8.73. The second kappa shape index (κ2) is 6.39. The maximum Gasteiger partial charge on any atom is 0.401 e. The zero-order chi connectivity index (χ0) is 14.6. The molecule has 108 valence electrons. The fourth-order valence-electron chi connectivity index (χ4n) is 2.09. The molecule has 0 radical (unpaired) electrons. The van der Waals surface area contributed by atoms with Gasteiger partial charge < -0.3 is 5.73 Å². The predicted molar refractivity (Wildman–Crippen MR) is 71.0 cm³/mol. The Morgan fingerprint density at radius 3 is 2.42 bits per heavy atom. The minimum atomic E-state index is -4.18. The second-order valence-corrected chi connectivity index (χ2v) is 4.91. The van der Waals surface area contributed by atoms with Crippen LogP contribution in [0.2, 0.25) is 0 Å². The Bertz CT molecular complexity index is 416. The van der Waals surface area contributed by atoms with Crippen LogP contribution in [-0.2, 0) is 0 Å². The summed E-state index contributed by atoms with van der Waals surface area (Å²) < 4.78 is 37.2. The van der Waals surface area contributed by atoms with Gasteiger partial charge >= 0.3 is 6.18 Å². The van der Waals surface area contributed by atoms with Crippen LogP contribution in [0.15, 0.2) is 18.2 Å². The zero-order valence-electron chi connectivity index (χ0n) is 11.6. The van der Waals surface area contributed by atoms with Crippen LogP contribution in [0.3, 0.4) is 0 Å². The fraction of sp³-hybridized carbons (Fsp3) is 0.571. The quantitative estimate of drug-likeness (QED) is 0.893. The molecule has 1 atom stereocenters. The number of rotatable bonds is 5. The van der Waals surface area contributed by atoms with Crippen molar-refractivity contribution < 1.29 is 13.2 Å². The first kappa shape index (κ1) is 16.0. The normalized spacial score (nSPS) is 13.9. The highest BCUT2D eigenvalue weighted by atomic mass is 19.4. The Morgan fingerprint density at radius 1 is 1.26 bits per heavy atom. The summed E-state index contributed by atoms with van der Waals surface area (Å²) in [5, 5.41) is 0. The summed E-state index contributed by atoms with van der Waals surface area (Å²) in [6.45, 7) is 5.21. The largest absolute Gasteiger partial charge is 0.401 e. The molecule has 1 unspecified atom stereocenters. The van der Waals surface area contributed by atoms with Crippen LogP contribution in [0.4, 0.5) is 13.2 Å². The van der Waals surface area contributed by atoms with Gasteiger partial charge in [0.1, 0.15) is 0 Å². The molecule has 0 bridgehead atoms. The molecule has 0 saturated carbocycles. The van der Waals surface area contributed by atoms with Gasteiger partial charge in [0, 0.05) is 12.6 Å². The number of alkyl halides is 3. The molecule has 0 spiro atoms. The molecule has 0 aliphatic carbocycles. The number of nitrogens with zero attached hydrogens (tertiary/aromatic N) is 1. The van der Waals surface area contributed by atoms with Gasteiger partial charge in [-0.1, -0.05) is 30.7 Å². The van der Waals surface area contributed by atoms with E-state index >= 15 is 0 Å². The molecular weight excluding hydrogens is 253 g/mol. The van der Waals surface area contributed by atoms with E-state index in [1.54, 1.807) is 6.92 Å². The third-order valence-corrected chi connectivity index (χ3v) is 3.14. The molecule has 1 aromatic carbocycles. The van der Waals surface area contributed by atoms with Crippen LogP contribution in [0.25, 0.3) is 0 Å². The number of nitrogens with two attached hydrogens (primary N) is 1. The maximum atomic E-state index is 12.4. The van der Waals surface area contributed by atoms with E-state index in [1.165, 1.54) is 4.90 Å². The van der Waals surface area contributed by atoms with Gasteiger partial charge in [-0.15, -0.1) is 0 Å². The summed E-state index contributed by atoms with van der Waals surface area (Å²) in [6, 6.07) is 5.47. The summed E-state index contributed by atoms with van der Waals surface area (Å²) in [7, 11) is 0. The fourth-order valence-corrected chi connectivity index (χ4v) is 2.09. The summed E-state index contributed by atoms with van der Waals surface area (Å²) in [5.74, 6) is 0. The van der Waals surface area contributed by atoms with Crippen molar-refractivity contribution in [3.05, 3.63) is 34.9 Å². The summed E-state index contributed by atoms with van der Waals surface area (Å²) in [6.07, 6.45) is -4.18. The van der Waals surface area contributed by atoms with Crippen molar-refractivity contribution in [3.8, 4) is 0 Å². The zero-order valence-corrected chi connectivity index (χ0v) is 11.6. The Kier molecular flexibility index (Phi) is 5.38. The minimum Gasteiger partial charge on any atom is -0.323 e. The molecule has 0 fully saturated rings. The minimum absolute atomic E-state index is 0.209. The lowest BCUT2D eigenvalue weighted by molar-refractivity contribution is -0.145. The van der Waals surface area contributed by atoms with Gasteiger partial charge in [0.25, 0.3) is 0 Å². The third-order valence-electron chi connectivity index (χ3n) is 3.14. The Morgan fingerprint density at radius 2 is 1.89 bits per heavy atom. The van der Waals surface area contributed by atoms with Crippen LogP contribution in [0.5, 0.6) is 0 Å². The topological polar surface area (TPSA) is 29.3 Å². The lowest BCUT2D eigenvalue weighted by Crippen LogP contribution is -2.39. The molecule has 0 amide bonds. The second-order valence-electron chi connectivity index (χ2n) is 4.91. The molecule has 0 saturated heterocycles. The summed E-state index contributed by atoms with van der Waals surface area (Å²) >= 11 is 0. The molecule has 0 heterocycles. The van der Waals surface area contributed by atoms with Gasteiger partial charge in [0.15, 0.2) is 0 Å². The van der Waals surface area contributed by atoms with E-state index < -0.39 is 18.8 Å². The average molecular weight is 274 g/mol. The highest BCUT2D eigenvalue weighted by molar-refractivity contribution is 5.33. The predicted octanol–water partition coefficient (Wildman–Crippen LogP) is 3.19. The lowest BCUT2D eigenvalue weighted by Gasteiger charge is -2.26. The average Bonchev–Trinajstić information content (AvgIpc) is 2.29. The SMILES string of the molecule is CCN(CC(N)c1cc(C)ccc1C)CC(F)(F)F. The molecule has 5 heteroatoms. The van der Waals surface area contributed by atoms with Gasteiger partial charge in [0.2, 0.25) is 0 Å². The molecule has 19 heavy (non-hydrogen) atoms. The van der Waals surface area contributed by atoms with E-state index in [-0.39, 0.29) is 6.54 Å². The van der Waals surface area contributed by atoms with Crippen molar-refractivity contribution in [2.24, 2.45) is 5.73 Å². The highest BCUT2D eigenvalue weighted by Crippen LogP contribution is 2.21.